The molecule has 0 saturated heterocycles. The van der Waals surface area contributed by atoms with Gasteiger partial charge in [-0.05, 0) is 11.6 Å². The van der Waals surface area contributed by atoms with E-state index in [4.69, 9.17) is 1.37 Å². The fraction of sp³-hybridized carbons (Fsp3) is 0.111. The highest BCUT2D eigenvalue weighted by molar-refractivity contribution is 9.08. The number of hydrogen-bond donors (Lipinski definition) is 0. The van der Waals surface area contributed by atoms with Crippen LogP contribution < -0.4 is 0 Å². The molecule has 0 unspecified atom stereocenters. The highest BCUT2D eigenvalue weighted by Crippen LogP contribution is 2.19. The van der Waals surface area contributed by atoms with Crippen LogP contribution >= 0.6 is 15.9 Å². The van der Waals surface area contributed by atoms with Crippen molar-refractivity contribution in [3.63, 3.8) is 0 Å². The summed E-state index contributed by atoms with van der Waals surface area (Å²) in [5, 5.41) is 3.98. The molecule has 0 spiro atoms. The van der Waals surface area contributed by atoms with E-state index in [0.717, 1.165) is 0 Å². The Morgan fingerprint density at radius 3 is 3.00 bits per heavy atom. The number of alkyl halides is 1. The SMILES string of the molecule is [2H]c1nc(-c2ccc(CBr)c(F)c2)no1. The van der Waals surface area contributed by atoms with Gasteiger partial charge in [0.1, 0.15) is 7.19 Å². The highest BCUT2D eigenvalue weighted by Gasteiger charge is 2.06. The second kappa shape index (κ2) is 3.88. The van der Waals surface area contributed by atoms with Gasteiger partial charge in [-0.1, -0.05) is 33.2 Å². The lowest BCUT2D eigenvalue weighted by Crippen LogP contribution is -1.88. The number of benzene rings is 1. The smallest absolute Gasteiger partial charge is 0.214 e. The number of halogens is 2. The first-order chi connectivity index (χ1) is 7.20. The lowest BCUT2D eigenvalue weighted by molar-refractivity contribution is 0.418. The summed E-state index contributed by atoms with van der Waals surface area (Å²) in [5.41, 5.74) is 1.06. The van der Waals surface area contributed by atoms with Crippen LogP contribution in [0.4, 0.5) is 4.39 Å². The molecule has 2 rings (SSSR count). The Kier molecular flexibility index (Phi) is 2.24. The molecule has 0 atom stereocenters. The predicted octanol–water partition coefficient (Wildman–Crippen LogP) is 2.77. The van der Waals surface area contributed by atoms with Crippen LogP contribution in [-0.2, 0) is 5.33 Å². The van der Waals surface area contributed by atoms with E-state index in [1.165, 1.54) is 6.07 Å². The van der Waals surface area contributed by atoms with E-state index >= 15 is 0 Å². The second-order valence-electron chi connectivity index (χ2n) is 2.65. The maximum atomic E-state index is 13.4. The third-order valence-electron chi connectivity index (χ3n) is 1.78. The summed E-state index contributed by atoms with van der Waals surface area (Å²) in [5.74, 6) is -0.110. The molecule has 0 bridgehead atoms. The molecule has 1 heterocycles. The second-order valence-corrected chi connectivity index (χ2v) is 3.21. The average molecular weight is 258 g/mol. The summed E-state index contributed by atoms with van der Waals surface area (Å²) >= 11 is 3.17. The van der Waals surface area contributed by atoms with Crippen LogP contribution in [0.15, 0.2) is 29.1 Å². The van der Waals surface area contributed by atoms with Crippen molar-refractivity contribution >= 4 is 15.9 Å². The Hall–Kier alpha value is -1.23. The van der Waals surface area contributed by atoms with Gasteiger partial charge in [0.15, 0.2) is 0 Å². The van der Waals surface area contributed by atoms with Crippen LogP contribution in [0.1, 0.15) is 6.93 Å². The van der Waals surface area contributed by atoms with Crippen LogP contribution in [0.5, 0.6) is 0 Å². The van der Waals surface area contributed by atoms with E-state index in [9.17, 15) is 4.39 Å². The van der Waals surface area contributed by atoms with E-state index in [1.807, 2.05) is 0 Å². The van der Waals surface area contributed by atoms with Crippen molar-refractivity contribution in [2.24, 2.45) is 0 Å². The van der Waals surface area contributed by atoms with E-state index in [0.29, 0.717) is 16.5 Å². The largest absolute Gasteiger partial charge is 0.342 e. The molecule has 0 fully saturated rings. The summed E-state index contributed by atoms with van der Waals surface area (Å²) in [7, 11) is 0. The minimum atomic E-state index is -0.333. The maximum absolute atomic E-state index is 13.4. The summed E-state index contributed by atoms with van der Waals surface area (Å²) in [6.07, 6.45) is -0.282. The molecule has 14 heavy (non-hydrogen) atoms. The molecular weight excluding hydrogens is 251 g/mol. The molecule has 0 N–H and O–H groups in total. The zero-order valence-electron chi connectivity index (χ0n) is 8.00. The molecule has 1 aromatic heterocycles. The van der Waals surface area contributed by atoms with Crippen molar-refractivity contribution in [3.05, 3.63) is 35.9 Å². The van der Waals surface area contributed by atoms with Crippen molar-refractivity contribution < 1.29 is 10.3 Å². The molecule has 1 aromatic carbocycles. The highest BCUT2D eigenvalue weighted by atomic mass is 79.9. The fourth-order valence-electron chi connectivity index (χ4n) is 1.06. The Balaban J connectivity index is 2.42. The Morgan fingerprint density at radius 2 is 2.43 bits per heavy atom. The molecule has 0 aliphatic carbocycles. The van der Waals surface area contributed by atoms with Crippen LogP contribution in [0.2, 0.25) is 0 Å². The molecule has 0 aliphatic rings. The van der Waals surface area contributed by atoms with Gasteiger partial charge in [0.05, 0.1) is 0 Å². The van der Waals surface area contributed by atoms with Crippen molar-refractivity contribution in [1.82, 2.24) is 10.1 Å². The third-order valence-corrected chi connectivity index (χ3v) is 2.38. The Labute approximate surface area is 89.5 Å². The standard InChI is InChI=1S/C9H6BrFN2O/c10-4-7-2-1-6(3-8(7)11)9-12-5-14-13-9/h1-3,5H,4H2/i5D. The Morgan fingerprint density at radius 1 is 1.57 bits per heavy atom. The minimum Gasteiger partial charge on any atom is -0.342 e. The van der Waals surface area contributed by atoms with Crippen molar-refractivity contribution in [1.29, 1.82) is 0 Å². The molecule has 0 aliphatic heterocycles. The quantitative estimate of drug-likeness (QED) is 0.777. The average Bonchev–Trinajstić information content (AvgIpc) is 2.65. The predicted molar refractivity (Wildman–Crippen MR) is 52.3 cm³/mol. The van der Waals surface area contributed by atoms with Gasteiger partial charge in [-0.15, -0.1) is 0 Å². The summed E-state index contributed by atoms with van der Waals surface area (Å²) in [6.45, 7) is 0. The Bertz CT molecular complexity index is 489. The van der Waals surface area contributed by atoms with E-state index in [2.05, 4.69) is 30.6 Å². The molecule has 0 amide bonds. The number of rotatable bonds is 2. The zero-order chi connectivity index (χ0) is 10.8. The molecule has 2 aromatic rings. The van der Waals surface area contributed by atoms with Crippen molar-refractivity contribution in [2.45, 2.75) is 5.33 Å². The van der Waals surface area contributed by atoms with Crippen molar-refractivity contribution in [3.8, 4) is 11.4 Å². The molecule has 5 heteroatoms. The number of aromatic nitrogens is 2. The van der Waals surface area contributed by atoms with Gasteiger partial charge in [-0.25, -0.2) is 4.39 Å². The maximum Gasteiger partial charge on any atom is 0.214 e. The van der Waals surface area contributed by atoms with Crippen LogP contribution in [0, 0.1) is 5.82 Å². The monoisotopic (exact) mass is 257 g/mol. The van der Waals surface area contributed by atoms with Gasteiger partial charge in [0.25, 0.3) is 0 Å². The summed E-state index contributed by atoms with van der Waals surface area (Å²) in [4.78, 5) is 3.69. The number of hydrogen-bond acceptors (Lipinski definition) is 3. The van der Waals surface area contributed by atoms with Gasteiger partial charge in [-0.3, -0.25) is 0 Å². The lowest BCUT2D eigenvalue weighted by atomic mass is 10.1. The topological polar surface area (TPSA) is 38.9 Å². The minimum absolute atomic E-state index is 0.222. The first-order valence-corrected chi connectivity index (χ1v) is 4.98. The van der Waals surface area contributed by atoms with E-state index in [-0.39, 0.29) is 18.0 Å². The van der Waals surface area contributed by atoms with Crippen molar-refractivity contribution in [2.75, 3.05) is 0 Å². The first kappa shape index (κ1) is 8.11. The third kappa shape index (κ3) is 1.68. The summed E-state index contributed by atoms with van der Waals surface area (Å²) < 4.78 is 24.9. The van der Waals surface area contributed by atoms with E-state index in [1.54, 1.807) is 12.1 Å². The normalized spacial score (nSPS) is 11.4. The van der Waals surface area contributed by atoms with Crippen LogP contribution in [-0.4, -0.2) is 10.1 Å². The molecule has 72 valence electrons. The first-order valence-electron chi connectivity index (χ1n) is 4.36. The molecule has 3 nitrogen and oxygen atoms in total. The van der Waals surface area contributed by atoms with Gasteiger partial charge in [0, 0.05) is 10.9 Å². The van der Waals surface area contributed by atoms with Gasteiger partial charge >= 0.3 is 0 Å². The zero-order valence-corrected chi connectivity index (χ0v) is 8.58. The van der Waals surface area contributed by atoms with Crippen LogP contribution in [0.3, 0.4) is 0 Å². The molecule has 0 radical (unpaired) electrons. The fourth-order valence-corrected chi connectivity index (χ4v) is 1.51. The lowest BCUT2D eigenvalue weighted by Gasteiger charge is -1.99. The van der Waals surface area contributed by atoms with E-state index < -0.39 is 0 Å². The van der Waals surface area contributed by atoms with Gasteiger partial charge in [0.2, 0.25) is 12.2 Å². The molecule has 0 saturated carbocycles. The van der Waals surface area contributed by atoms with Crippen LogP contribution in [0.25, 0.3) is 11.4 Å². The van der Waals surface area contributed by atoms with Gasteiger partial charge < -0.3 is 4.52 Å². The number of nitrogens with zero attached hydrogens (tertiary/aromatic N) is 2. The van der Waals surface area contributed by atoms with Gasteiger partial charge in [-0.2, -0.15) is 4.98 Å². The summed E-state index contributed by atoms with van der Waals surface area (Å²) in [6, 6.07) is 4.64. The molecular formula is C9H6BrFN2O.